The second-order valence-corrected chi connectivity index (χ2v) is 9.64. The average molecular weight is 437 g/mol. The van der Waals surface area contributed by atoms with Gasteiger partial charge in [0.2, 0.25) is 0 Å². The first-order chi connectivity index (χ1) is 14.8. The van der Waals surface area contributed by atoms with E-state index in [1.807, 2.05) is 50.3 Å². The Morgan fingerprint density at radius 3 is 2.45 bits per heavy atom. The van der Waals surface area contributed by atoms with Crippen molar-refractivity contribution in [2.45, 2.75) is 30.9 Å². The van der Waals surface area contributed by atoms with Gasteiger partial charge in [0.25, 0.3) is 10.0 Å². The van der Waals surface area contributed by atoms with Gasteiger partial charge >= 0.3 is 0 Å². The van der Waals surface area contributed by atoms with E-state index in [0.29, 0.717) is 22.9 Å². The maximum absolute atomic E-state index is 13.5. The summed E-state index contributed by atoms with van der Waals surface area (Å²) >= 11 is 0. The lowest BCUT2D eigenvalue weighted by molar-refractivity contribution is 0.158. The molecule has 0 fully saturated rings. The average Bonchev–Trinajstić information content (AvgIpc) is 2.77. The normalized spacial score (nSPS) is 14.4. The molecule has 2 heterocycles. The Kier molecular flexibility index (Phi) is 5.45. The lowest BCUT2D eigenvalue weighted by Gasteiger charge is -2.28. The van der Waals surface area contributed by atoms with E-state index in [1.54, 1.807) is 49.7 Å². The number of methoxy groups -OCH3 is 1. The predicted molar refractivity (Wildman–Crippen MR) is 121 cm³/mol. The molecule has 0 amide bonds. The van der Waals surface area contributed by atoms with Crippen LogP contribution >= 0.6 is 0 Å². The highest BCUT2D eigenvalue weighted by Crippen LogP contribution is 2.32. The third kappa shape index (κ3) is 4.41. The highest BCUT2D eigenvalue weighted by molar-refractivity contribution is 7.92. The summed E-state index contributed by atoms with van der Waals surface area (Å²) in [5.74, 6) is 1.27. The van der Waals surface area contributed by atoms with Gasteiger partial charge in [-0.1, -0.05) is 24.3 Å². The van der Waals surface area contributed by atoms with Crippen molar-refractivity contribution in [1.82, 2.24) is 4.98 Å². The fourth-order valence-electron chi connectivity index (χ4n) is 3.35. The number of hydrogen-bond acceptors (Lipinski definition) is 5. The monoisotopic (exact) mass is 436 g/mol. The number of hydrogen-bond donors (Lipinski definition) is 0. The number of pyridine rings is 1. The molecule has 0 atom stereocenters. The Morgan fingerprint density at radius 2 is 1.77 bits per heavy atom. The Balaban J connectivity index is 1.71. The molecule has 31 heavy (non-hydrogen) atoms. The summed E-state index contributed by atoms with van der Waals surface area (Å²) in [5.41, 5.74) is 1.65. The van der Waals surface area contributed by atoms with Crippen LogP contribution in [0.25, 0.3) is 6.08 Å². The number of aromatic nitrogens is 1. The van der Waals surface area contributed by atoms with Gasteiger partial charge in [0.15, 0.2) is 0 Å². The number of rotatable bonds is 6. The predicted octanol–water partition coefficient (Wildman–Crippen LogP) is 4.67. The number of fused-ring (bicyclic) bond motifs is 1. The number of sulfonamides is 1. The molecule has 0 unspecified atom stereocenters. The van der Waals surface area contributed by atoms with Crippen LogP contribution in [0.2, 0.25) is 0 Å². The molecule has 0 radical (unpaired) electrons. The molecule has 7 heteroatoms. The van der Waals surface area contributed by atoms with Crippen molar-refractivity contribution in [2.24, 2.45) is 0 Å². The molecule has 1 aliphatic rings. The van der Waals surface area contributed by atoms with Gasteiger partial charge in [0.1, 0.15) is 17.1 Å². The van der Waals surface area contributed by atoms with Crippen LogP contribution in [0.15, 0.2) is 77.8 Å². The minimum atomic E-state index is -3.83. The summed E-state index contributed by atoms with van der Waals surface area (Å²) < 4.78 is 39.5. The quantitative estimate of drug-likeness (QED) is 0.562. The van der Waals surface area contributed by atoms with E-state index in [2.05, 4.69) is 4.98 Å². The zero-order valence-electron chi connectivity index (χ0n) is 17.6. The molecular formula is C24H24N2O4S. The van der Waals surface area contributed by atoms with Crippen molar-refractivity contribution in [1.29, 1.82) is 0 Å². The van der Waals surface area contributed by atoms with Crippen LogP contribution in [-0.2, 0) is 16.6 Å². The second-order valence-electron chi connectivity index (χ2n) is 7.78. The van der Waals surface area contributed by atoms with Gasteiger partial charge < -0.3 is 9.47 Å². The highest BCUT2D eigenvalue weighted by atomic mass is 32.2. The largest absolute Gasteiger partial charge is 0.497 e. The Hall–Kier alpha value is -3.32. The first-order valence-corrected chi connectivity index (χ1v) is 11.3. The first kappa shape index (κ1) is 20.9. The van der Waals surface area contributed by atoms with Crippen LogP contribution < -0.4 is 13.8 Å². The van der Waals surface area contributed by atoms with Crippen LogP contribution in [0.3, 0.4) is 0 Å². The number of benzene rings is 2. The number of ether oxygens (including phenoxy) is 2. The first-order valence-electron chi connectivity index (χ1n) is 9.87. The third-order valence-electron chi connectivity index (χ3n) is 4.99. The molecule has 0 spiro atoms. The lowest BCUT2D eigenvalue weighted by atomic mass is 10.0. The molecule has 160 valence electrons. The number of anilines is 1. The molecule has 0 saturated carbocycles. The standard InChI is InChI=1S/C24H24N2O4S/c1-24(2)14-13-18-15-19(25-16-23(18)30-24)17-26(20-7-5-4-6-8-20)31(27,28)22-11-9-21(29-3)10-12-22/h4-16H,17H2,1-3H3. The second kappa shape index (κ2) is 8.07. The van der Waals surface area contributed by atoms with E-state index < -0.39 is 15.6 Å². The summed E-state index contributed by atoms with van der Waals surface area (Å²) in [7, 11) is -2.29. The van der Waals surface area contributed by atoms with Gasteiger partial charge in [-0.25, -0.2) is 8.42 Å². The lowest BCUT2D eigenvalue weighted by Crippen LogP contribution is -2.31. The van der Waals surface area contributed by atoms with E-state index in [-0.39, 0.29) is 11.4 Å². The Morgan fingerprint density at radius 1 is 1.06 bits per heavy atom. The van der Waals surface area contributed by atoms with Gasteiger partial charge in [-0.15, -0.1) is 0 Å². The fraction of sp³-hybridized carbons (Fsp3) is 0.208. The molecule has 4 rings (SSSR count). The minimum absolute atomic E-state index is 0.0862. The summed E-state index contributed by atoms with van der Waals surface area (Å²) in [6.07, 6.45) is 5.61. The molecule has 1 aliphatic heterocycles. The molecule has 6 nitrogen and oxygen atoms in total. The highest BCUT2D eigenvalue weighted by Gasteiger charge is 2.27. The van der Waals surface area contributed by atoms with E-state index in [9.17, 15) is 8.42 Å². The number of para-hydroxylation sites is 1. The van der Waals surface area contributed by atoms with E-state index in [4.69, 9.17) is 9.47 Å². The molecular weight excluding hydrogens is 412 g/mol. The summed E-state index contributed by atoms with van der Waals surface area (Å²) in [6, 6.07) is 17.2. The zero-order valence-corrected chi connectivity index (χ0v) is 18.5. The molecule has 0 aliphatic carbocycles. The van der Waals surface area contributed by atoms with Gasteiger partial charge in [-0.3, -0.25) is 9.29 Å². The van der Waals surface area contributed by atoms with Crippen LogP contribution in [0.4, 0.5) is 5.69 Å². The van der Waals surface area contributed by atoms with Crippen molar-refractivity contribution in [3.8, 4) is 11.5 Å². The molecule has 0 N–H and O–H groups in total. The van der Waals surface area contributed by atoms with Crippen molar-refractivity contribution in [3.05, 3.63) is 84.2 Å². The van der Waals surface area contributed by atoms with Crippen molar-refractivity contribution < 1.29 is 17.9 Å². The maximum Gasteiger partial charge on any atom is 0.264 e. The third-order valence-corrected chi connectivity index (χ3v) is 6.78. The smallest absolute Gasteiger partial charge is 0.264 e. The van der Waals surface area contributed by atoms with Crippen LogP contribution in [0.1, 0.15) is 25.1 Å². The zero-order chi connectivity index (χ0) is 22.1. The van der Waals surface area contributed by atoms with Gasteiger partial charge in [0, 0.05) is 5.56 Å². The van der Waals surface area contributed by atoms with Crippen LogP contribution in [-0.4, -0.2) is 26.1 Å². The minimum Gasteiger partial charge on any atom is -0.497 e. The summed E-state index contributed by atoms with van der Waals surface area (Å²) in [4.78, 5) is 4.65. The van der Waals surface area contributed by atoms with E-state index in [0.717, 1.165) is 5.56 Å². The molecule has 1 aromatic heterocycles. The van der Waals surface area contributed by atoms with Gasteiger partial charge in [-0.2, -0.15) is 0 Å². The summed E-state index contributed by atoms with van der Waals surface area (Å²) in [6.45, 7) is 4.03. The van der Waals surface area contributed by atoms with E-state index >= 15 is 0 Å². The topological polar surface area (TPSA) is 68.7 Å². The SMILES string of the molecule is COc1ccc(S(=O)(=O)N(Cc2cc3c(cn2)OC(C)(C)C=C3)c2ccccc2)cc1. The molecule has 3 aromatic rings. The van der Waals surface area contributed by atoms with Crippen molar-refractivity contribution in [2.75, 3.05) is 11.4 Å². The summed E-state index contributed by atoms with van der Waals surface area (Å²) in [5, 5.41) is 0. The Labute approximate surface area is 182 Å². The fourth-order valence-corrected chi connectivity index (χ4v) is 4.78. The molecule has 2 aromatic carbocycles. The van der Waals surface area contributed by atoms with Crippen molar-refractivity contribution in [3.63, 3.8) is 0 Å². The van der Waals surface area contributed by atoms with Crippen molar-refractivity contribution >= 4 is 21.8 Å². The number of nitrogens with zero attached hydrogens (tertiary/aromatic N) is 2. The van der Waals surface area contributed by atoms with Gasteiger partial charge in [-0.05, 0) is 62.4 Å². The molecule has 0 saturated heterocycles. The van der Waals surface area contributed by atoms with Crippen LogP contribution in [0, 0.1) is 0 Å². The van der Waals surface area contributed by atoms with Gasteiger partial charge in [0.05, 0.1) is 36.1 Å². The maximum atomic E-state index is 13.5. The van der Waals surface area contributed by atoms with Crippen LogP contribution in [0.5, 0.6) is 11.5 Å². The Bertz CT molecular complexity index is 1200. The van der Waals surface area contributed by atoms with E-state index in [1.165, 1.54) is 4.31 Å². The molecule has 0 bridgehead atoms.